The number of nitrogens with zero attached hydrogens (tertiary/aromatic N) is 1. The highest BCUT2D eigenvalue weighted by Crippen LogP contribution is 2.33. The van der Waals surface area contributed by atoms with Crippen LogP contribution >= 0.6 is 0 Å². The third-order valence-electron chi connectivity index (χ3n) is 5.09. The maximum Gasteiger partial charge on any atom is 0.224 e. The summed E-state index contributed by atoms with van der Waals surface area (Å²) in [5.41, 5.74) is 2.93. The number of carbonyl (C=O) groups is 1. The predicted octanol–water partition coefficient (Wildman–Crippen LogP) is 2.30. The van der Waals surface area contributed by atoms with Crippen molar-refractivity contribution in [3.05, 3.63) is 54.1 Å². The van der Waals surface area contributed by atoms with Crippen LogP contribution < -0.4 is 10.1 Å². The van der Waals surface area contributed by atoms with Crippen molar-refractivity contribution in [1.29, 1.82) is 0 Å². The van der Waals surface area contributed by atoms with Crippen LogP contribution in [0, 0.1) is 5.92 Å². The molecule has 0 radical (unpaired) electrons. The molecule has 0 aromatic heterocycles. The van der Waals surface area contributed by atoms with Gasteiger partial charge in [-0.25, -0.2) is 8.42 Å². The van der Waals surface area contributed by atoms with Crippen LogP contribution in [0.2, 0.25) is 0 Å². The maximum absolute atomic E-state index is 12.6. The first-order valence-electron chi connectivity index (χ1n) is 9.43. The normalized spacial score (nSPS) is 18.4. The summed E-state index contributed by atoms with van der Waals surface area (Å²) in [5, 5.41) is 2.85. The molecule has 0 saturated carbocycles. The van der Waals surface area contributed by atoms with Gasteiger partial charge in [-0.3, -0.25) is 4.79 Å². The molecule has 2 aromatic carbocycles. The number of amides is 1. The molecule has 1 N–H and O–H groups in total. The molecule has 0 unspecified atom stereocenters. The molecule has 1 fully saturated rings. The first-order chi connectivity index (χ1) is 13.5. The van der Waals surface area contributed by atoms with Crippen LogP contribution in [-0.4, -0.2) is 51.1 Å². The Morgan fingerprint density at radius 3 is 2.50 bits per heavy atom. The standard InChI is InChI=1S/C21H26N2O4S/c1-3-28(25,26)23-13-12-22-21(24)17(15-23)14-16-8-4-5-9-18(16)19-10-6-7-11-20(19)27-2/h4-11,17H,3,12-15H2,1-2H3,(H,22,24)/t17-/m1/s1. The molecule has 1 saturated heterocycles. The number of ether oxygens (including phenoxy) is 1. The van der Waals surface area contributed by atoms with Gasteiger partial charge in [0.05, 0.1) is 18.8 Å². The molecule has 1 amide bonds. The number of sulfonamides is 1. The number of carbonyl (C=O) groups excluding carboxylic acids is 1. The van der Waals surface area contributed by atoms with E-state index in [0.717, 1.165) is 22.4 Å². The quantitative estimate of drug-likeness (QED) is 0.805. The fourth-order valence-electron chi connectivity index (χ4n) is 3.55. The minimum Gasteiger partial charge on any atom is -0.496 e. The van der Waals surface area contributed by atoms with Crippen LogP contribution in [0.25, 0.3) is 11.1 Å². The lowest BCUT2D eigenvalue weighted by atomic mass is 9.91. The molecule has 0 aliphatic carbocycles. The van der Waals surface area contributed by atoms with Crippen molar-refractivity contribution in [3.63, 3.8) is 0 Å². The third-order valence-corrected chi connectivity index (χ3v) is 6.94. The molecule has 0 bridgehead atoms. The van der Waals surface area contributed by atoms with E-state index in [1.54, 1.807) is 14.0 Å². The largest absolute Gasteiger partial charge is 0.496 e. The van der Waals surface area contributed by atoms with Crippen molar-refractivity contribution in [3.8, 4) is 16.9 Å². The first-order valence-corrected chi connectivity index (χ1v) is 11.0. The second-order valence-corrected chi connectivity index (χ2v) is 9.07. The Balaban J connectivity index is 1.93. The number of hydrogen-bond donors (Lipinski definition) is 1. The predicted molar refractivity (Wildman–Crippen MR) is 110 cm³/mol. The third kappa shape index (κ3) is 4.36. The Labute approximate surface area is 166 Å². The summed E-state index contributed by atoms with van der Waals surface area (Å²) in [5.74, 6) is 0.241. The summed E-state index contributed by atoms with van der Waals surface area (Å²) in [6.45, 7) is 2.47. The van der Waals surface area contributed by atoms with Gasteiger partial charge in [0.1, 0.15) is 5.75 Å². The molecule has 150 valence electrons. The van der Waals surface area contributed by atoms with E-state index in [1.165, 1.54) is 4.31 Å². The van der Waals surface area contributed by atoms with E-state index in [4.69, 9.17) is 4.74 Å². The van der Waals surface area contributed by atoms with Crippen molar-refractivity contribution >= 4 is 15.9 Å². The Morgan fingerprint density at radius 2 is 1.79 bits per heavy atom. The van der Waals surface area contributed by atoms with E-state index in [-0.39, 0.29) is 18.2 Å². The van der Waals surface area contributed by atoms with Gasteiger partial charge in [-0.15, -0.1) is 0 Å². The van der Waals surface area contributed by atoms with Gasteiger partial charge >= 0.3 is 0 Å². The Kier molecular flexibility index (Phi) is 6.36. The Morgan fingerprint density at radius 1 is 1.11 bits per heavy atom. The molecule has 1 aliphatic rings. The highest BCUT2D eigenvalue weighted by Gasteiger charge is 2.31. The number of nitrogens with one attached hydrogen (secondary N) is 1. The minimum absolute atomic E-state index is 0.0334. The fourth-order valence-corrected chi connectivity index (χ4v) is 4.70. The van der Waals surface area contributed by atoms with Gasteiger partial charge in [0, 0.05) is 25.2 Å². The second-order valence-electron chi connectivity index (χ2n) is 6.81. The van der Waals surface area contributed by atoms with Crippen LogP contribution in [0.4, 0.5) is 0 Å². The summed E-state index contributed by atoms with van der Waals surface area (Å²) in [6.07, 6.45) is 0.454. The summed E-state index contributed by atoms with van der Waals surface area (Å²) in [6, 6.07) is 15.6. The molecule has 7 heteroatoms. The summed E-state index contributed by atoms with van der Waals surface area (Å²) < 4.78 is 31.6. The van der Waals surface area contributed by atoms with Crippen LogP contribution in [0.1, 0.15) is 12.5 Å². The molecule has 1 heterocycles. The smallest absolute Gasteiger partial charge is 0.224 e. The monoisotopic (exact) mass is 402 g/mol. The van der Waals surface area contributed by atoms with E-state index in [0.29, 0.717) is 19.5 Å². The molecule has 3 rings (SSSR count). The summed E-state index contributed by atoms with van der Waals surface area (Å²) in [4.78, 5) is 12.6. The number of benzene rings is 2. The molecular weight excluding hydrogens is 376 g/mol. The highest BCUT2D eigenvalue weighted by atomic mass is 32.2. The topological polar surface area (TPSA) is 75.7 Å². The van der Waals surface area contributed by atoms with Crippen LogP contribution in [0.3, 0.4) is 0 Å². The lowest BCUT2D eigenvalue weighted by Crippen LogP contribution is -2.38. The maximum atomic E-state index is 12.6. The van der Waals surface area contributed by atoms with Gasteiger partial charge < -0.3 is 10.1 Å². The number of para-hydroxylation sites is 1. The molecule has 1 aliphatic heterocycles. The molecule has 6 nitrogen and oxygen atoms in total. The molecule has 2 aromatic rings. The van der Waals surface area contributed by atoms with E-state index >= 15 is 0 Å². The SMILES string of the molecule is CCS(=O)(=O)N1CCNC(=O)[C@H](Cc2ccccc2-c2ccccc2OC)C1. The van der Waals surface area contributed by atoms with Crippen LogP contribution in [0.15, 0.2) is 48.5 Å². The van der Waals surface area contributed by atoms with Crippen molar-refractivity contribution in [2.45, 2.75) is 13.3 Å². The number of rotatable bonds is 6. The van der Waals surface area contributed by atoms with Gasteiger partial charge in [-0.1, -0.05) is 42.5 Å². The average molecular weight is 403 g/mol. The zero-order chi connectivity index (χ0) is 20.1. The minimum atomic E-state index is -3.35. The van der Waals surface area contributed by atoms with Crippen molar-refractivity contribution < 1.29 is 17.9 Å². The van der Waals surface area contributed by atoms with Crippen LogP contribution in [-0.2, 0) is 21.2 Å². The van der Waals surface area contributed by atoms with Gasteiger partial charge in [0.25, 0.3) is 0 Å². The van der Waals surface area contributed by atoms with E-state index in [9.17, 15) is 13.2 Å². The number of hydrogen-bond acceptors (Lipinski definition) is 4. The highest BCUT2D eigenvalue weighted by molar-refractivity contribution is 7.89. The van der Waals surface area contributed by atoms with Crippen LogP contribution in [0.5, 0.6) is 5.75 Å². The Hall–Kier alpha value is -2.38. The van der Waals surface area contributed by atoms with Crippen molar-refractivity contribution in [1.82, 2.24) is 9.62 Å². The molecule has 28 heavy (non-hydrogen) atoms. The molecular formula is C21H26N2O4S. The lowest BCUT2D eigenvalue weighted by Gasteiger charge is -2.23. The van der Waals surface area contributed by atoms with E-state index in [2.05, 4.69) is 5.32 Å². The molecule has 1 atom stereocenters. The van der Waals surface area contributed by atoms with Crippen molar-refractivity contribution in [2.24, 2.45) is 5.92 Å². The summed E-state index contributed by atoms with van der Waals surface area (Å²) >= 11 is 0. The van der Waals surface area contributed by atoms with Gasteiger partial charge in [0.15, 0.2) is 0 Å². The molecule has 0 spiro atoms. The zero-order valence-corrected chi connectivity index (χ0v) is 17.0. The lowest BCUT2D eigenvalue weighted by molar-refractivity contribution is -0.124. The zero-order valence-electron chi connectivity index (χ0n) is 16.2. The van der Waals surface area contributed by atoms with E-state index in [1.807, 2.05) is 48.5 Å². The first kappa shape index (κ1) is 20.4. The number of methoxy groups -OCH3 is 1. The van der Waals surface area contributed by atoms with Crippen molar-refractivity contribution in [2.75, 3.05) is 32.5 Å². The summed E-state index contributed by atoms with van der Waals surface area (Å²) in [7, 11) is -1.71. The fraction of sp³-hybridized carbons (Fsp3) is 0.381. The van der Waals surface area contributed by atoms with E-state index < -0.39 is 15.9 Å². The van der Waals surface area contributed by atoms with Gasteiger partial charge in [0.2, 0.25) is 15.9 Å². The van der Waals surface area contributed by atoms with Gasteiger partial charge in [-0.2, -0.15) is 4.31 Å². The Bertz CT molecular complexity index is 943. The van der Waals surface area contributed by atoms with Gasteiger partial charge in [-0.05, 0) is 30.5 Å². The second kappa shape index (κ2) is 8.75. The average Bonchev–Trinajstić information content (AvgIpc) is 2.90.